The summed E-state index contributed by atoms with van der Waals surface area (Å²) in [7, 11) is 0. The largest absolute Gasteiger partial charge is 0.394 e. The molecule has 1 aliphatic heterocycles. The van der Waals surface area contributed by atoms with Crippen molar-refractivity contribution in [2.45, 2.75) is 31.5 Å². The van der Waals surface area contributed by atoms with Gasteiger partial charge in [-0.1, -0.05) is 12.1 Å². The number of hydrogen-bond acceptors (Lipinski definition) is 5. The first-order chi connectivity index (χ1) is 11.9. The smallest absolute Gasteiger partial charge is 0.237 e. The van der Waals surface area contributed by atoms with E-state index in [4.69, 9.17) is 0 Å². The number of benzene rings is 1. The van der Waals surface area contributed by atoms with E-state index in [0.29, 0.717) is 19.6 Å². The van der Waals surface area contributed by atoms with Gasteiger partial charge in [-0.2, -0.15) is 0 Å². The number of carbonyl (C=O) groups is 2. The van der Waals surface area contributed by atoms with E-state index in [2.05, 4.69) is 10.6 Å². The van der Waals surface area contributed by atoms with Crippen molar-refractivity contribution in [1.82, 2.24) is 15.5 Å². The fourth-order valence-electron chi connectivity index (χ4n) is 2.69. The van der Waals surface area contributed by atoms with Gasteiger partial charge in [0.15, 0.2) is 0 Å². The van der Waals surface area contributed by atoms with E-state index in [1.54, 1.807) is 12.1 Å². The topological polar surface area (TPSA) is 102 Å². The maximum atomic E-state index is 13.0. The lowest BCUT2D eigenvalue weighted by Crippen LogP contribution is -2.58. The summed E-state index contributed by atoms with van der Waals surface area (Å²) in [5.41, 5.74) is -0.290. The predicted molar refractivity (Wildman–Crippen MR) is 88.9 cm³/mol. The molecule has 1 aliphatic rings. The number of amides is 2. The Balaban J connectivity index is 2.04. The molecule has 0 unspecified atom stereocenters. The molecule has 1 fully saturated rings. The number of nitrogens with one attached hydrogen (secondary N) is 2. The quantitative estimate of drug-likeness (QED) is 0.523. The van der Waals surface area contributed by atoms with Crippen LogP contribution in [-0.4, -0.2) is 64.8 Å². The van der Waals surface area contributed by atoms with Crippen LogP contribution < -0.4 is 10.6 Å². The average Bonchev–Trinajstić information content (AvgIpc) is 2.59. The van der Waals surface area contributed by atoms with Gasteiger partial charge in [-0.05, 0) is 24.6 Å². The van der Waals surface area contributed by atoms with E-state index in [9.17, 15) is 24.2 Å². The number of aliphatic hydroxyl groups is 2. The number of halogens is 1. The molecule has 2 amide bonds. The molecule has 0 bridgehead atoms. The maximum Gasteiger partial charge on any atom is 0.237 e. The highest BCUT2D eigenvalue weighted by molar-refractivity contribution is 5.89. The zero-order valence-electron chi connectivity index (χ0n) is 14.2. The molecular weight excluding hydrogens is 329 g/mol. The lowest BCUT2D eigenvalue weighted by atomic mass is 10.0. The highest BCUT2D eigenvalue weighted by Crippen LogP contribution is 2.15. The lowest BCUT2D eigenvalue weighted by molar-refractivity contribution is -0.135. The van der Waals surface area contributed by atoms with Crippen LogP contribution in [0.15, 0.2) is 24.3 Å². The summed E-state index contributed by atoms with van der Waals surface area (Å²) < 4.78 is 13.0. The zero-order chi connectivity index (χ0) is 18.4. The van der Waals surface area contributed by atoms with Gasteiger partial charge in [-0.15, -0.1) is 0 Å². The molecular formula is C17H24FN3O4. The fourth-order valence-corrected chi connectivity index (χ4v) is 2.69. The van der Waals surface area contributed by atoms with E-state index in [1.807, 2.05) is 4.90 Å². The van der Waals surface area contributed by atoms with Crippen LogP contribution >= 0.6 is 0 Å². The van der Waals surface area contributed by atoms with Gasteiger partial charge in [0.05, 0.1) is 31.2 Å². The van der Waals surface area contributed by atoms with E-state index in [0.717, 1.165) is 5.56 Å². The van der Waals surface area contributed by atoms with Crippen LogP contribution in [0.5, 0.6) is 0 Å². The molecule has 0 aromatic heterocycles. The summed E-state index contributed by atoms with van der Waals surface area (Å²) in [6.07, 6.45) is -0.0946. The number of piperazine rings is 1. The number of nitrogens with zero attached hydrogens (tertiary/aromatic N) is 1. The van der Waals surface area contributed by atoms with Crippen molar-refractivity contribution in [2.75, 3.05) is 26.3 Å². The van der Waals surface area contributed by atoms with Crippen molar-refractivity contribution in [1.29, 1.82) is 0 Å². The van der Waals surface area contributed by atoms with Crippen LogP contribution in [-0.2, 0) is 16.1 Å². The van der Waals surface area contributed by atoms with Crippen molar-refractivity contribution < 1.29 is 24.2 Å². The minimum Gasteiger partial charge on any atom is -0.394 e. The molecule has 0 spiro atoms. The van der Waals surface area contributed by atoms with Gasteiger partial charge in [0, 0.05) is 19.6 Å². The summed E-state index contributed by atoms with van der Waals surface area (Å²) in [6, 6.07) is 5.34. The molecule has 1 aromatic carbocycles. The van der Waals surface area contributed by atoms with E-state index in [1.165, 1.54) is 19.1 Å². The van der Waals surface area contributed by atoms with E-state index in [-0.39, 0.29) is 18.1 Å². The average molecular weight is 353 g/mol. The molecule has 0 saturated carbocycles. The summed E-state index contributed by atoms with van der Waals surface area (Å²) in [5, 5.41) is 23.8. The second kappa shape index (κ2) is 8.37. The first-order valence-corrected chi connectivity index (χ1v) is 8.16. The van der Waals surface area contributed by atoms with Crippen LogP contribution in [0.3, 0.4) is 0 Å². The standard InChI is InChI=1S/C17H24FN3O4/c1-17(10-22,11-23)20-15(24)8-14-16(25)19-6-7-21(14)9-12-2-4-13(18)5-3-12/h2-5,14,22-23H,6-11H2,1H3,(H,19,25)(H,20,24)/t14-/m1/s1. The van der Waals surface area contributed by atoms with Crippen LogP contribution in [0, 0.1) is 5.82 Å². The number of aliphatic hydroxyl groups excluding tert-OH is 2. The highest BCUT2D eigenvalue weighted by Gasteiger charge is 2.33. The van der Waals surface area contributed by atoms with Crippen molar-refractivity contribution in [2.24, 2.45) is 0 Å². The SMILES string of the molecule is CC(CO)(CO)NC(=O)C[C@@H]1C(=O)NCCN1Cc1ccc(F)cc1. The van der Waals surface area contributed by atoms with Crippen LogP contribution in [0.4, 0.5) is 4.39 Å². The van der Waals surface area contributed by atoms with Crippen molar-refractivity contribution in [3.63, 3.8) is 0 Å². The Hall–Kier alpha value is -2.03. The van der Waals surface area contributed by atoms with Crippen molar-refractivity contribution in [3.05, 3.63) is 35.6 Å². The number of rotatable bonds is 7. The molecule has 4 N–H and O–H groups in total. The Morgan fingerprint density at radius 1 is 1.36 bits per heavy atom. The van der Waals surface area contributed by atoms with Gasteiger partial charge in [-0.3, -0.25) is 14.5 Å². The first-order valence-electron chi connectivity index (χ1n) is 8.16. The first kappa shape index (κ1) is 19.3. The summed E-state index contributed by atoms with van der Waals surface area (Å²) >= 11 is 0. The Kier molecular flexibility index (Phi) is 6.46. The Bertz CT molecular complexity index is 604. The molecule has 0 radical (unpaired) electrons. The number of hydrogen-bond donors (Lipinski definition) is 4. The third kappa shape index (κ3) is 5.22. The van der Waals surface area contributed by atoms with Gasteiger partial charge in [0.1, 0.15) is 5.82 Å². The summed E-state index contributed by atoms with van der Waals surface area (Å²) in [5.74, 6) is -1.02. The Morgan fingerprint density at radius 2 is 2.00 bits per heavy atom. The molecule has 1 heterocycles. The van der Waals surface area contributed by atoms with Gasteiger partial charge in [0.25, 0.3) is 0 Å². The highest BCUT2D eigenvalue weighted by atomic mass is 19.1. The minimum absolute atomic E-state index is 0.0946. The number of carbonyl (C=O) groups excluding carboxylic acids is 2. The molecule has 2 rings (SSSR count). The monoisotopic (exact) mass is 353 g/mol. The van der Waals surface area contributed by atoms with Crippen molar-refractivity contribution >= 4 is 11.8 Å². The van der Waals surface area contributed by atoms with Crippen LogP contribution in [0.1, 0.15) is 18.9 Å². The molecule has 8 heteroatoms. The van der Waals surface area contributed by atoms with Gasteiger partial charge >= 0.3 is 0 Å². The molecule has 0 aliphatic carbocycles. The molecule has 25 heavy (non-hydrogen) atoms. The van der Waals surface area contributed by atoms with Gasteiger partial charge in [-0.25, -0.2) is 4.39 Å². The molecule has 1 saturated heterocycles. The summed E-state index contributed by atoms with van der Waals surface area (Å²) in [4.78, 5) is 26.3. The molecule has 138 valence electrons. The Morgan fingerprint density at radius 3 is 2.60 bits per heavy atom. The molecule has 1 atom stereocenters. The van der Waals surface area contributed by atoms with Gasteiger partial charge < -0.3 is 20.8 Å². The zero-order valence-corrected chi connectivity index (χ0v) is 14.2. The summed E-state index contributed by atoms with van der Waals surface area (Å²) in [6.45, 7) is 2.16. The molecule has 1 aromatic rings. The maximum absolute atomic E-state index is 13.0. The van der Waals surface area contributed by atoms with E-state index >= 15 is 0 Å². The third-order valence-electron chi connectivity index (χ3n) is 4.26. The van der Waals surface area contributed by atoms with Gasteiger partial charge in [0.2, 0.25) is 11.8 Å². The third-order valence-corrected chi connectivity index (χ3v) is 4.26. The van der Waals surface area contributed by atoms with Crippen LogP contribution in [0.2, 0.25) is 0 Å². The Labute approximate surface area is 145 Å². The second-order valence-electron chi connectivity index (χ2n) is 6.53. The molecule has 7 nitrogen and oxygen atoms in total. The second-order valence-corrected chi connectivity index (χ2v) is 6.53. The normalized spacial score (nSPS) is 18.7. The lowest BCUT2D eigenvalue weighted by Gasteiger charge is -2.35. The van der Waals surface area contributed by atoms with Crippen molar-refractivity contribution in [3.8, 4) is 0 Å². The minimum atomic E-state index is -1.13. The predicted octanol–water partition coefficient (Wildman–Crippen LogP) is -0.624. The van der Waals surface area contributed by atoms with E-state index < -0.39 is 30.7 Å². The van der Waals surface area contributed by atoms with Crippen LogP contribution in [0.25, 0.3) is 0 Å². The fraction of sp³-hybridized carbons (Fsp3) is 0.529.